The van der Waals surface area contributed by atoms with Crippen LogP contribution in [-0.4, -0.2) is 13.2 Å². The maximum atomic E-state index is 5.94. The van der Waals surface area contributed by atoms with Gasteiger partial charge in [-0.3, -0.25) is 0 Å². The van der Waals surface area contributed by atoms with Gasteiger partial charge < -0.3 is 14.9 Å². The van der Waals surface area contributed by atoms with E-state index in [1.807, 2.05) is 25.1 Å². The van der Waals surface area contributed by atoms with E-state index in [9.17, 15) is 0 Å². The van der Waals surface area contributed by atoms with Crippen LogP contribution in [0.1, 0.15) is 29.7 Å². The van der Waals surface area contributed by atoms with E-state index >= 15 is 0 Å². The lowest BCUT2D eigenvalue weighted by Gasteiger charge is -2.18. The van der Waals surface area contributed by atoms with Crippen LogP contribution in [0.15, 0.2) is 41.0 Å². The van der Waals surface area contributed by atoms with Crippen LogP contribution in [0.25, 0.3) is 0 Å². The van der Waals surface area contributed by atoms with Gasteiger partial charge in [0.1, 0.15) is 11.5 Å². The first-order valence-corrected chi connectivity index (χ1v) is 6.70. The minimum absolute atomic E-state index is 0.215. The lowest BCUT2D eigenvalue weighted by molar-refractivity contribution is 0.333. The Labute approximate surface area is 114 Å². The highest BCUT2D eigenvalue weighted by Crippen LogP contribution is 2.30. The van der Waals surface area contributed by atoms with Gasteiger partial charge in [0.15, 0.2) is 0 Å². The van der Waals surface area contributed by atoms with E-state index in [1.165, 1.54) is 11.1 Å². The second-order valence-electron chi connectivity index (χ2n) is 4.69. The number of furan rings is 1. The van der Waals surface area contributed by atoms with Gasteiger partial charge in [0.25, 0.3) is 0 Å². The minimum atomic E-state index is 0.215. The molecule has 0 fully saturated rings. The highest BCUT2D eigenvalue weighted by Gasteiger charge is 2.17. The summed E-state index contributed by atoms with van der Waals surface area (Å²) in [7, 11) is 0. The quantitative estimate of drug-likeness (QED) is 0.866. The zero-order chi connectivity index (χ0) is 13.7. The number of aryl methyl sites for hydroxylation is 1. The molecule has 1 aromatic carbocycles. The van der Waals surface area contributed by atoms with Crippen molar-refractivity contribution in [3.63, 3.8) is 0 Å². The molecular weight excluding hydrogens is 238 g/mol. The fourth-order valence-corrected chi connectivity index (χ4v) is 2.27. The number of nitrogens with two attached hydrogens (primary N) is 1. The molecule has 0 aliphatic rings. The van der Waals surface area contributed by atoms with Gasteiger partial charge >= 0.3 is 0 Å². The maximum Gasteiger partial charge on any atom is 0.122 e. The molecule has 1 unspecified atom stereocenters. The van der Waals surface area contributed by atoms with Crippen molar-refractivity contribution in [3.05, 3.63) is 53.5 Å². The predicted molar refractivity (Wildman–Crippen MR) is 76.6 cm³/mol. The summed E-state index contributed by atoms with van der Waals surface area (Å²) in [5.41, 5.74) is 8.33. The van der Waals surface area contributed by atoms with E-state index < -0.39 is 0 Å². The van der Waals surface area contributed by atoms with Crippen molar-refractivity contribution in [1.29, 1.82) is 0 Å². The zero-order valence-corrected chi connectivity index (χ0v) is 11.6. The molecule has 0 saturated carbocycles. The Bertz CT molecular complexity index is 505. The van der Waals surface area contributed by atoms with Gasteiger partial charge in [-0.25, -0.2) is 0 Å². The molecule has 1 atom stereocenters. The highest BCUT2D eigenvalue weighted by molar-refractivity contribution is 5.40. The van der Waals surface area contributed by atoms with Gasteiger partial charge in [-0.15, -0.1) is 0 Å². The molecule has 0 bridgehead atoms. The second-order valence-corrected chi connectivity index (χ2v) is 4.69. The molecular formula is C16H21NO2. The van der Waals surface area contributed by atoms with Gasteiger partial charge in [0.2, 0.25) is 0 Å². The fraction of sp³-hybridized carbons (Fsp3) is 0.375. The summed E-state index contributed by atoms with van der Waals surface area (Å²) in [5.74, 6) is 2.10. The topological polar surface area (TPSA) is 48.4 Å². The number of hydrogen-bond donors (Lipinski definition) is 1. The predicted octanol–water partition coefficient (Wildman–Crippen LogP) is 3.27. The smallest absolute Gasteiger partial charge is 0.122 e. The van der Waals surface area contributed by atoms with E-state index in [0.717, 1.165) is 17.9 Å². The van der Waals surface area contributed by atoms with Gasteiger partial charge in [-0.05, 0) is 44.2 Å². The molecule has 0 aliphatic heterocycles. The van der Waals surface area contributed by atoms with Crippen LogP contribution >= 0.6 is 0 Å². The summed E-state index contributed by atoms with van der Waals surface area (Å²) in [6, 6.07) is 10.1. The Hall–Kier alpha value is -1.74. The van der Waals surface area contributed by atoms with Crippen LogP contribution in [0.2, 0.25) is 0 Å². The van der Waals surface area contributed by atoms with E-state index in [2.05, 4.69) is 19.1 Å². The Morgan fingerprint density at radius 3 is 2.79 bits per heavy atom. The molecule has 0 saturated heterocycles. The van der Waals surface area contributed by atoms with Crippen molar-refractivity contribution in [3.8, 4) is 5.75 Å². The first-order valence-electron chi connectivity index (χ1n) is 6.70. The molecule has 0 spiro atoms. The lowest BCUT2D eigenvalue weighted by Crippen LogP contribution is -2.16. The van der Waals surface area contributed by atoms with E-state index in [4.69, 9.17) is 14.9 Å². The number of benzene rings is 1. The zero-order valence-electron chi connectivity index (χ0n) is 11.6. The first-order chi connectivity index (χ1) is 9.24. The van der Waals surface area contributed by atoms with Crippen molar-refractivity contribution < 1.29 is 9.15 Å². The van der Waals surface area contributed by atoms with Crippen LogP contribution in [0.3, 0.4) is 0 Å². The molecule has 0 aliphatic carbocycles. The SMILES string of the molecule is CCOc1ccc(C)cc1C(CN)Cc1ccco1. The summed E-state index contributed by atoms with van der Waals surface area (Å²) >= 11 is 0. The van der Waals surface area contributed by atoms with Gasteiger partial charge in [0, 0.05) is 12.3 Å². The van der Waals surface area contributed by atoms with Crippen molar-refractivity contribution >= 4 is 0 Å². The Morgan fingerprint density at radius 1 is 1.32 bits per heavy atom. The molecule has 0 amide bonds. The fourth-order valence-electron chi connectivity index (χ4n) is 2.27. The monoisotopic (exact) mass is 259 g/mol. The van der Waals surface area contributed by atoms with E-state index in [-0.39, 0.29) is 5.92 Å². The van der Waals surface area contributed by atoms with Crippen LogP contribution in [0.5, 0.6) is 5.75 Å². The summed E-state index contributed by atoms with van der Waals surface area (Å²) in [6.07, 6.45) is 2.50. The number of ether oxygens (including phenoxy) is 1. The van der Waals surface area contributed by atoms with Crippen LogP contribution in [0.4, 0.5) is 0 Å². The molecule has 0 radical (unpaired) electrons. The molecule has 3 heteroatoms. The highest BCUT2D eigenvalue weighted by atomic mass is 16.5. The third-order valence-corrected chi connectivity index (χ3v) is 3.22. The lowest BCUT2D eigenvalue weighted by atomic mass is 9.92. The average Bonchev–Trinajstić information content (AvgIpc) is 2.91. The van der Waals surface area contributed by atoms with Crippen molar-refractivity contribution in [2.45, 2.75) is 26.2 Å². The van der Waals surface area contributed by atoms with Gasteiger partial charge in [0.05, 0.1) is 12.9 Å². The summed E-state index contributed by atoms with van der Waals surface area (Å²) in [5, 5.41) is 0. The van der Waals surface area contributed by atoms with E-state index in [1.54, 1.807) is 6.26 Å². The number of rotatable bonds is 6. The Balaban J connectivity index is 2.28. The second kappa shape index (κ2) is 6.43. The summed E-state index contributed by atoms with van der Waals surface area (Å²) in [6.45, 7) is 5.31. The largest absolute Gasteiger partial charge is 0.494 e. The molecule has 19 heavy (non-hydrogen) atoms. The molecule has 1 aromatic heterocycles. The Kier molecular flexibility index (Phi) is 4.63. The molecule has 1 heterocycles. The van der Waals surface area contributed by atoms with Gasteiger partial charge in [-0.1, -0.05) is 17.7 Å². The van der Waals surface area contributed by atoms with Crippen LogP contribution in [0, 0.1) is 6.92 Å². The normalized spacial score (nSPS) is 12.4. The molecule has 3 nitrogen and oxygen atoms in total. The third kappa shape index (κ3) is 3.38. The minimum Gasteiger partial charge on any atom is -0.494 e. The Morgan fingerprint density at radius 2 is 2.16 bits per heavy atom. The molecule has 2 rings (SSSR count). The van der Waals surface area contributed by atoms with Crippen LogP contribution < -0.4 is 10.5 Å². The molecule has 2 aromatic rings. The van der Waals surface area contributed by atoms with Crippen molar-refractivity contribution in [2.75, 3.05) is 13.2 Å². The summed E-state index contributed by atoms with van der Waals surface area (Å²) in [4.78, 5) is 0. The van der Waals surface area contributed by atoms with Gasteiger partial charge in [-0.2, -0.15) is 0 Å². The summed E-state index contributed by atoms with van der Waals surface area (Å²) < 4.78 is 11.1. The average molecular weight is 259 g/mol. The third-order valence-electron chi connectivity index (χ3n) is 3.22. The standard InChI is InChI=1S/C16H21NO2/c1-3-18-16-7-6-12(2)9-15(16)13(11-17)10-14-5-4-8-19-14/h4-9,13H,3,10-11,17H2,1-2H3. The first kappa shape index (κ1) is 13.7. The van der Waals surface area contributed by atoms with Crippen molar-refractivity contribution in [1.82, 2.24) is 0 Å². The molecule has 102 valence electrons. The molecule has 2 N–H and O–H groups in total. The van der Waals surface area contributed by atoms with E-state index in [0.29, 0.717) is 13.2 Å². The van der Waals surface area contributed by atoms with Crippen molar-refractivity contribution in [2.24, 2.45) is 5.73 Å². The van der Waals surface area contributed by atoms with Crippen LogP contribution in [-0.2, 0) is 6.42 Å². The maximum absolute atomic E-state index is 5.94. The number of hydrogen-bond acceptors (Lipinski definition) is 3.